The third-order valence-corrected chi connectivity index (χ3v) is 3.75. The largest absolute Gasteiger partial charge is 0.354 e. The van der Waals surface area contributed by atoms with Crippen LogP contribution in [0.3, 0.4) is 0 Å². The van der Waals surface area contributed by atoms with Gasteiger partial charge in [-0.3, -0.25) is 4.79 Å². The average molecular weight is 255 g/mol. The predicted octanol–water partition coefficient (Wildman–Crippen LogP) is 1.22. The Morgan fingerprint density at radius 1 is 1.50 bits per heavy atom. The molecule has 3 atom stereocenters. The third kappa shape index (κ3) is 5.83. The first-order valence-corrected chi connectivity index (χ1v) is 7.16. The standard InChI is InChI=1S/C14H29N3O/c1-11-6-5-8-15-13(11)10-14(18)16-12(2)7-9-17(3)4/h11-13,15H,5-10H2,1-4H3,(H,16,18). The van der Waals surface area contributed by atoms with Crippen LogP contribution in [0.1, 0.15) is 39.5 Å². The number of rotatable bonds is 6. The van der Waals surface area contributed by atoms with Gasteiger partial charge in [-0.2, -0.15) is 0 Å². The normalized spacial score (nSPS) is 26.1. The Hall–Kier alpha value is -0.610. The van der Waals surface area contributed by atoms with E-state index in [0.717, 1.165) is 19.5 Å². The van der Waals surface area contributed by atoms with E-state index in [1.165, 1.54) is 12.8 Å². The number of carbonyl (C=O) groups excluding carboxylic acids is 1. The molecular weight excluding hydrogens is 226 g/mol. The summed E-state index contributed by atoms with van der Waals surface area (Å²) < 4.78 is 0. The Morgan fingerprint density at radius 3 is 2.83 bits per heavy atom. The molecule has 0 aromatic rings. The molecule has 0 aromatic carbocycles. The maximum absolute atomic E-state index is 11.9. The highest BCUT2D eigenvalue weighted by atomic mass is 16.1. The molecule has 1 heterocycles. The van der Waals surface area contributed by atoms with E-state index in [1.807, 2.05) is 0 Å². The van der Waals surface area contributed by atoms with E-state index >= 15 is 0 Å². The smallest absolute Gasteiger partial charge is 0.221 e. The zero-order valence-electron chi connectivity index (χ0n) is 12.3. The van der Waals surface area contributed by atoms with Crippen LogP contribution >= 0.6 is 0 Å². The van der Waals surface area contributed by atoms with Gasteiger partial charge in [-0.15, -0.1) is 0 Å². The molecule has 4 heteroatoms. The zero-order chi connectivity index (χ0) is 13.5. The highest BCUT2D eigenvalue weighted by molar-refractivity contribution is 5.76. The van der Waals surface area contributed by atoms with Gasteiger partial charge in [0.05, 0.1) is 0 Å². The van der Waals surface area contributed by atoms with Crippen LogP contribution in [0.5, 0.6) is 0 Å². The second kappa shape index (κ2) is 7.74. The Labute approximate surface area is 111 Å². The second-order valence-electron chi connectivity index (χ2n) is 5.94. The molecule has 1 amide bonds. The van der Waals surface area contributed by atoms with Gasteiger partial charge in [0.2, 0.25) is 5.91 Å². The first kappa shape index (κ1) is 15.4. The van der Waals surface area contributed by atoms with E-state index < -0.39 is 0 Å². The van der Waals surface area contributed by atoms with E-state index in [9.17, 15) is 4.79 Å². The van der Waals surface area contributed by atoms with Gasteiger partial charge in [0.1, 0.15) is 0 Å². The molecule has 0 aliphatic carbocycles. The first-order valence-electron chi connectivity index (χ1n) is 7.16. The molecule has 1 saturated heterocycles. The molecule has 106 valence electrons. The van der Waals surface area contributed by atoms with Crippen LogP contribution in [0.15, 0.2) is 0 Å². The van der Waals surface area contributed by atoms with Crippen LogP contribution in [-0.2, 0) is 4.79 Å². The minimum absolute atomic E-state index is 0.188. The zero-order valence-corrected chi connectivity index (χ0v) is 12.3. The lowest BCUT2D eigenvalue weighted by molar-refractivity contribution is -0.122. The number of nitrogens with zero attached hydrogens (tertiary/aromatic N) is 1. The molecule has 0 aromatic heterocycles. The van der Waals surface area contributed by atoms with Crippen molar-refractivity contribution in [2.24, 2.45) is 5.92 Å². The lowest BCUT2D eigenvalue weighted by Gasteiger charge is -2.30. The van der Waals surface area contributed by atoms with Crippen molar-refractivity contribution in [2.75, 3.05) is 27.2 Å². The molecule has 1 rings (SSSR count). The van der Waals surface area contributed by atoms with Crippen molar-refractivity contribution < 1.29 is 4.79 Å². The molecule has 1 aliphatic rings. The van der Waals surface area contributed by atoms with Crippen LogP contribution in [0, 0.1) is 5.92 Å². The second-order valence-corrected chi connectivity index (χ2v) is 5.94. The molecule has 0 radical (unpaired) electrons. The fourth-order valence-electron chi connectivity index (χ4n) is 2.44. The minimum atomic E-state index is 0.188. The molecule has 18 heavy (non-hydrogen) atoms. The summed E-state index contributed by atoms with van der Waals surface area (Å²) >= 11 is 0. The summed E-state index contributed by atoms with van der Waals surface area (Å²) in [7, 11) is 4.12. The third-order valence-electron chi connectivity index (χ3n) is 3.75. The maximum Gasteiger partial charge on any atom is 0.221 e. The number of hydrogen-bond donors (Lipinski definition) is 2. The van der Waals surface area contributed by atoms with E-state index in [2.05, 4.69) is 43.5 Å². The molecule has 0 saturated carbocycles. The molecule has 3 unspecified atom stereocenters. The summed E-state index contributed by atoms with van der Waals surface area (Å²) in [6.45, 7) is 6.39. The molecule has 0 bridgehead atoms. The Balaban J connectivity index is 2.23. The van der Waals surface area contributed by atoms with Crippen molar-refractivity contribution in [3.8, 4) is 0 Å². The van der Waals surface area contributed by atoms with Gasteiger partial charge < -0.3 is 15.5 Å². The summed E-state index contributed by atoms with van der Waals surface area (Å²) in [6.07, 6.45) is 4.10. The van der Waals surface area contributed by atoms with Crippen LogP contribution in [0.4, 0.5) is 0 Å². The van der Waals surface area contributed by atoms with Crippen molar-refractivity contribution in [1.82, 2.24) is 15.5 Å². The molecule has 2 N–H and O–H groups in total. The molecule has 4 nitrogen and oxygen atoms in total. The summed E-state index contributed by atoms with van der Waals surface area (Å²) in [4.78, 5) is 14.1. The van der Waals surface area contributed by atoms with Crippen LogP contribution in [-0.4, -0.2) is 50.1 Å². The first-order chi connectivity index (χ1) is 8.49. The molecule has 1 aliphatic heterocycles. The molecule has 0 spiro atoms. The monoisotopic (exact) mass is 255 g/mol. The van der Waals surface area contributed by atoms with Crippen LogP contribution in [0.2, 0.25) is 0 Å². The quantitative estimate of drug-likeness (QED) is 0.750. The topological polar surface area (TPSA) is 44.4 Å². The fraction of sp³-hybridized carbons (Fsp3) is 0.929. The van der Waals surface area contributed by atoms with Gasteiger partial charge in [-0.05, 0) is 59.3 Å². The van der Waals surface area contributed by atoms with Crippen molar-refractivity contribution in [2.45, 2.75) is 51.6 Å². The summed E-state index contributed by atoms with van der Waals surface area (Å²) in [6, 6.07) is 0.624. The number of hydrogen-bond acceptors (Lipinski definition) is 3. The lowest BCUT2D eigenvalue weighted by atomic mass is 9.90. The fourth-order valence-corrected chi connectivity index (χ4v) is 2.44. The number of nitrogens with one attached hydrogen (secondary N) is 2. The number of amides is 1. The Kier molecular flexibility index (Phi) is 6.65. The van der Waals surface area contributed by atoms with Crippen molar-refractivity contribution in [3.05, 3.63) is 0 Å². The van der Waals surface area contributed by atoms with Crippen molar-refractivity contribution in [3.63, 3.8) is 0 Å². The Bertz CT molecular complexity index is 255. The van der Waals surface area contributed by atoms with Crippen molar-refractivity contribution >= 4 is 5.91 Å². The summed E-state index contributed by atoms with van der Waals surface area (Å²) in [5, 5.41) is 6.55. The lowest BCUT2D eigenvalue weighted by Crippen LogP contribution is -2.45. The number of piperidine rings is 1. The molecule has 1 fully saturated rings. The maximum atomic E-state index is 11.9. The van der Waals surface area contributed by atoms with Gasteiger partial charge in [0, 0.05) is 18.5 Å². The highest BCUT2D eigenvalue weighted by Gasteiger charge is 2.23. The summed E-state index contributed by atoms with van der Waals surface area (Å²) in [5.74, 6) is 0.800. The van der Waals surface area contributed by atoms with Crippen molar-refractivity contribution in [1.29, 1.82) is 0 Å². The predicted molar refractivity (Wildman–Crippen MR) is 75.6 cm³/mol. The van der Waals surface area contributed by atoms with Gasteiger partial charge in [-0.1, -0.05) is 6.92 Å². The van der Waals surface area contributed by atoms with Crippen LogP contribution in [0.25, 0.3) is 0 Å². The van der Waals surface area contributed by atoms with Gasteiger partial charge in [0.25, 0.3) is 0 Å². The van der Waals surface area contributed by atoms with Gasteiger partial charge in [0.15, 0.2) is 0 Å². The van der Waals surface area contributed by atoms with E-state index in [4.69, 9.17) is 0 Å². The van der Waals surface area contributed by atoms with E-state index in [-0.39, 0.29) is 11.9 Å². The van der Waals surface area contributed by atoms with Gasteiger partial charge >= 0.3 is 0 Å². The van der Waals surface area contributed by atoms with E-state index in [1.54, 1.807) is 0 Å². The van der Waals surface area contributed by atoms with Gasteiger partial charge in [-0.25, -0.2) is 0 Å². The average Bonchev–Trinajstić information content (AvgIpc) is 2.29. The SMILES string of the molecule is CC(CCN(C)C)NC(=O)CC1NCCCC1C. The van der Waals surface area contributed by atoms with E-state index in [0.29, 0.717) is 18.4 Å². The van der Waals surface area contributed by atoms with Crippen LogP contribution < -0.4 is 10.6 Å². The minimum Gasteiger partial charge on any atom is -0.354 e. The number of carbonyl (C=O) groups is 1. The molecular formula is C14H29N3O. The Morgan fingerprint density at radius 2 is 2.22 bits per heavy atom. The highest BCUT2D eigenvalue weighted by Crippen LogP contribution is 2.17. The summed E-state index contributed by atoms with van der Waals surface area (Å²) in [5.41, 5.74) is 0.